The molecule has 3 nitrogen and oxygen atoms in total. The molecule has 0 fully saturated rings. The summed E-state index contributed by atoms with van der Waals surface area (Å²) in [5.74, 6) is 0. The summed E-state index contributed by atoms with van der Waals surface area (Å²) in [4.78, 5) is 0. The molecule has 1 N–H and O–H groups in total. The maximum Gasteiger partial charge on any atom is 0.158 e. The van der Waals surface area contributed by atoms with E-state index in [-0.39, 0.29) is 0 Å². The summed E-state index contributed by atoms with van der Waals surface area (Å²) in [6, 6.07) is 45.9. The Labute approximate surface area is 224 Å². The molecule has 39 heavy (non-hydrogen) atoms. The lowest BCUT2D eigenvalue weighted by atomic mass is 10.0. The first-order valence-corrected chi connectivity index (χ1v) is 13.1. The summed E-state index contributed by atoms with van der Waals surface area (Å²) in [5.41, 5.74) is 9.69. The molecule has 0 unspecified atom stereocenters. The zero-order valence-corrected chi connectivity index (χ0v) is 21.0. The lowest BCUT2D eigenvalue weighted by Crippen LogP contribution is -1.90. The van der Waals surface area contributed by atoms with Crippen molar-refractivity contribution in [3.8, 4) is 22.3 Å². The fourth-order valence-electron chi connectivity index (χ4n) is 5.67. The van der Waals surface area contributed by atoms with Gasteiger partial charge in [-0.1, -0.05) is 121 Å². The molecule has 8 aromatic rings. The van der Waals surface area contributed by atoms with E-state index < -0.39 is 0 Å². The molecule has 0 spiro atoms. The Hall–Kier alpha value is -5.28. The lowest BCUT2D eigenvalue weighted by molar-refractivity contribution is 0.669. The number of fused-ring (bicyclic) bond motifs is 6. The molecule has 0 amide bonds. The molecule has 0 aliphatic rings. The van der Waals surface area contributed by atoms with Gasteiger partial charge >= 0.3 is 0 Å². The van der Waals surface area contributed by atoms with Crippen LogP contribution >= 0.6 is 0 Å². The third-order valence-electron chi connectivity index (χ3n) is 7.49. The van der Waals surface area contributed by atoms with Crippen molar-refractivity contribution in [2.45, 2.75) is 0 Å². The first kappa shape index (κ1) is 21.8. The zero-order valence-electron chi connectivity index (χ0n) is 21.0. The maximum atomic E-state index is 6.60. The molecule has 184 valence electrons. The van der Waals surface area contributed by atoms with Gasteiger partial charge in [0.15, 0.2) is 11.2 Å². The van der Waals surface area contributed by atoms with Gasteiger partial charge < -0.3 is 14.2 Å². The normalized spacial score (nSPS) is 11.6. The number of rotatable bonds is 4. The minimum atomic E-state index is 0.828. The second-order valence-electron chi connectivity index (χ2n) is 9.79. The quantitative estimate of drug-likeness (QED) is 0.261. The average molecular weight is 502 g/mol. The van der Waals surface area contributed by atoms with Gasteiger partial charge in [0.1, 0.15) is 11.2 Å². The molecule has 0 saturated carbocycles. The third-order valence-corrected chi connectivity index (χ3v) is 7.49. The highest BCUT2D eigenvalue weighted by Crippen LogP contribution is 2.42. The number of furan rings is 2. The van der Waals surface area contributed by atoms with Crippen LogP contribution in [0.3, 0.4) is 0 Å². The Bertz CT molecular complexity index is 1980. The monoisotopic (exact) mass is 501 g/mol. The Morgan fingerprint density at radius 3 is 1.15 bits per heavy atom. The summed E-state index contributed by atoms with van der Waals surface area (Å²) >= 11 is 0. The molecule has 0 bridgehead atoms. The summed E-state index contributed by atoms with van der Waals surface area (Å²) in [5, 5.41) is 8.00. The minimum absolute atomic E-state index is 0.828. The molecule has 3 heteroatoms. The molecule has 2 heterocycles. The van der Waals surface area contributed by atoms with Crippen LogP contribution in [0.2, 0.25) is 0 Å². The van der Waals surface area contributed by atoms with E-state index >= 15 is 0 Å². The van der Waals surface area contributed by atoms with Crippen molar-refractivity contribution in [2.24, 2.45) is 0 Å². The highest BCUT2D eigenvalue weighted by Gasteiger charge is 2.18. The van der Waals surface area contributed by atoms with Crippen molar-refractivity contribution in [3.63, 3.8) is 0 Å². The second kappa shape index (κ2) is 8.64. The van der Waals surface area contributed by atoms with E-state index in [4.69, 9.17) is 8.83 Å². The molecule has 0 radical (unpaired) electrons. The Balaban J connectivity index is 1.30. The van der Waals surface area contributed by atoms with Crippen LogP contribution in [-0.2, 0) is 0 Å². The van der Waals surface area contributed by atoms with Crippen LogP contribution in [0.5, 0.6) is 0 Å². The summed E-state index contributed by atoms with van der Waals surface area (Å²) in [6.07, 6.45) is 0. The van der Waals surface area contributed by atoms with Gasteiger partial charge in [0.05, 0.1) is 11.4 Å². The summed E-state index contributed by atoms with van der Waals surface area (Å²) < 4.78 is 13.2. The molecule has 0 saturated heterocycles. The van der Waals surface area contributed by atoms with Crippen LogP contribution in [0.15, 0.2) is 142 Å². The summed E-state index contributed by atoms with van der Waals surface area (Å²) in [7, 11) is 0. The van der Waals surface area contributed by atoms with Gasteiger partial charge in [0.25, 0.3) is 0 Å². The Kier molecular flexibility index (Phi) is 4.82. The zero-order chi connectivity index (χ0) is 25.8. The van der Waals surface area contributed by atoms with Crippen LogP contribution < -0.4 is 5.32 Å². The largest absolute Gasteiger partial charge is 0.453 e. The van der Waals surface area contributed by atoms with Crippen molar-refractivity contribution in [3.05, 3.63) is 133 Å². The van der Waals surface area contributed by atoms with E-state index in [1.807, 2.05) is 12.1 Å². The maximum absolute atomic E-state index is 6.60. The van der Waals surface area contributed by atoms with Crippen LogP contribution in [0.4, 0.5) is 11.4 Å². The number of hydrogen-bond acceptors (Lipinski definition) is 3. The van der Waals surface area contributed by atoms with E-state index in [0.717, 1.165) is 77.5 Å². The van der Waals surface area contributed by atoms with E-state index in [0.29, 0.717) is 0 Å². The SMILES string of the molecule is c1ccc(-c2cccc3c2oc2c(Nc4cccc5c4oc4c(-c6ccccc6)cccc45)cccc23)cc1. The highest BCUT2D eigenvalue weighted by molar-refractivity contribution is 6.15. The smallest absolute Gasteiger partial charge is 0.158 e. The van der Waals surface area contributed by atoms with Gasteiger partial charge in [0, 0.05) is 32.7 Å². The van der Waals surface area contributed by atoms with E-state index in [1.54, 1.807) is 0 Å². The number of benzene rings is 6. The summed E-state index contributed by atoms with van der Waals surface area (Å²) in [6.45, 7) is 0. The molecule has 8 rings (SSSR count). The fraction of sp³-hybridized carbons (Fsp3) is 0. The van der Waals surface area contributed by atoms with Crippen molar-refractivity contribution in [1.82, 2.24) is 0 Å². The molecular weight excluding hydrogens is 478 g/mol. The van der Waals surface area contributed by atoms with Crippen LogP contribution in [0, 0.1) is 0 Å². The highest BCUT2D eigenvalue weighted by atomic mass is 16.3. The van der Waals surface area contributed by atoms with Gasteiger partial charge in [-0.3, -0.25) is 0 Å². The predicted octanol–water partition coefficient (Wildman–Crippen LogP) is 10.6. The van der Waals surface area contributed by atoms with Gasteiger partial charge in [-0.15, -0.1) is 0 Å². The van der Waals surface area contributed by atoms with Crippen molar-refractivity contribution in [1.29, 1.82) is 0 Å². The van der Waals surface area contributed by atoms with E-state index in [2.05, 4.69) is 127 Å². The standard InChI is InChI=1S/C36H23NO2/c1-3-11-23(12-4-1)25-15-7-17-27-29-19-9-21-31(35(29)38-33(25)27)37-32-22-10-20-30-28-18-8-16-26(34(28)39-36(30)32)24-13-5-2-6-14-24/h1-22,37H. The number of hydrogen-bond donors (Lipinski definition) is 1. The van der Waals surface area contributed by atoms with Crippen molar-refractivity contribution >= 4 is 55.3 Å². The van der Waals surface area contributed by atoms with E-state index in [1.165, 1.54) is 0 Å². The third kappa shape index (κ3) is 3.44. The lowest BCUT2D eigenvalue weighted by Gasteiger charge is -2.07. The van der Waals surface area contributed by atoms with Crippen LogP contribution in [-0.4, -0.2) is 0 Å². The first-order valence-electron chi connectivity index (χ1n) is 13.1. The fourth-order valence-corrected chi connectivity index (χ4v) is 5.67. The Morgan fingerprint density at radius 2 is 0.718 bits per heavy atom. The van der Waals surface area contributed by atoms with Gasteiger partial charge in [-0.25, -0.2) is 0 Å². The number of para-hydroxylation sites is 4. The number of anilines is 2. The topological polar surface area (TPSA) is 38.3 Å². The van der Waals surface area contributed by atoms with Crippen LogP contribution in [0.1, 0.15) is 0 Å². The molecule has 0 aliphatic carbocycles. The average Bonchev–Trinajstić information content (AvgIpc) is 3.58. The molecular formula is C36H23NO2. The minimum Gasteiger partial charge on any atom is -0.453 e. The van der Waals surface area contributed by atoms with Gasteiger partial charge in [0.2, 0.25) is 0 Å². The van der Waals surface area contributed by atoms with E-state index in [9.17, 15) is 0 Å². The Morgan fingerprint density at radius 1 is 0.333 bits per heavy atom. The van der Waals surface area contributed by atoms with Gasteiger partial charge in [-0.2, -0.15) is 0 Å². The van der Waals surface area contributed by atoms with Crippen molar-refractivity contribution in [2.75, 3.05) is 5.32 Å². The molecule has 0 aliphatic heterocycles. The number of nitrogens with one attached hydrogen (secondary N) is 1. The molecule has 0 atom stereocenters. The van der Waals surface area contributed by atoms with Gasteiger partial charge in [-0.05, 0) is 23.3 Å². The first-order chi connectivity index (χ1) is 19.3. The van der Waals surface area contributed by atoms with Crippen LogP contribution in [0.25, 0.3) is 66.1 Å². The second-order valence-corrected chi connectivity index (χ2v) is 9.79. The van der Waals surface area contributed by atoms with Crippen molar-refractivity contribution < 1.29 is 8.83 Å². The predicted molar refractivity (Wildman–Crippen MR) is 162 cm³/mol. The molecule has 6 aromatic carbocycles. The molecule has 2 aromatic heterocycles.